The van der Waals surface area contributed by atoms with Gasteiger partial charge >= 0.3 is 0 Å². The van der Waals surface area contributed by atoms with Crippen LogP contribution in [0.15, 0.2) is 47.3 Å². The van der Waals surface area contributed by atoms with Crippen LogP contribution in [-0.2, 0) is 0 Å². The fourth-order valence-corrected chi connectivity index (χ4v) is 1.38. The Morgan fingerprint density at radius 3 is 2.75 bits per heavy atom. The summed E-state index contributed by atoms with van der Waals surface area (Å²) in [5, 5.41) is 2.70. The molecule has 0 aliphatic rings. The summed E-state index contributed by atoms with van der Waals surface area (Å²) >= 11 is 3.26. The van der Waals surface area contributed by atoms with E-state index in [-0.39, 0.29) is 5.91 Å². The Hall–Kier alpha value is -1.75. The Kier molecular flexibility index (Phi) is 3.26. The van der Waals surface area contributed by atoms with Gasteiger partial charge in [-0.2, -0.15) is 0 Å². The lowest BCUT2D eigenvalue weighted by molar-refractivity contribution is 0.102. The summed E-state index contributed by atoms with van der Waals surface area (Å²) in [4.78, 5) is 19.6. The van der Waals surface area contributed by atoms with Gasteiger partial charge in [-0.15, -0.1) is 0 Å². The predicted molar refractivity (Wildman–Crippen MR) is 64.1 cm³/mol. The topological polar surface area (TPSA) is 54.9 Å². The van der Waals surface area contributed by atoms with E-state index in [9.17, 15) is 4.79 Å². The molecular weight excluding hydrogens is 270 g/mol. The van der Waals surface area contributed by atoms with E-state index >= 15 is 0 Å². The predicted octanol–water partition coefficient (Wildman–Crippen LogP) is 2.49. The molecule has 0 aliphatic carbocycles. The van der Waals surface area contributed by atoms with Crippen LogP contribution in [0, 0.1) is 0 Å². The maximum absolute atomic E-state index is 11.7. The van der Waals surface area contributed by atoms with Crippen LogP contribution in [0.3, 0.4) is 0 Å². The lowest BCUT2D eigenvalue weighted by Crippen LogP contribution is -2.13. The summed E-state index contributed by atoms with van der Waals surface area (Å²) in [6.45, 7) is 0. The van der Waals surface area contributed by atoms with E-state index in [4.69, 9.17) is 0 Å². The van der Waals surface area contributed by atoms with Gasteiger partial charge in [-0.05, 0) is 40.2 Å². The Morgan fingerprint density at radius 1 is 1.25 bits per heavy atom. The van der Waals surface area contributed by atoms with Gasteiger partial charge in [-0.25, -0.2) is 4.98 Å². The number of nitrogens with zero attached hydrogens (tertiary/aromatic N) is 2. The molecule has 1 N–H and O–H groups in total. The van der Waals surface area contributed by atoms with Gasteiger partial charge in [0, 0.05) is 16.9 Å². The molecule has 2 aromatic rings. The number of carbonyl (C=O) groups excluding carboxylic acids is 1. The third-order valence-corrected chi connectivity index (χ3v) is 2.35. The monoisotopic (exact) mass is 277 g/mol. The highest BCUT2D eigenvalue weighted by Crippen LogP contribution is 2.09. The van der Waals surface area contributed by atoms with Gasteiger partial charge in [0.15, 0.2) is 0 Å². The number of carbonyl (C=O) groups is 1. The van der Waals surface area contributed by atoms with Crippen LogP contribution in [0.2, 0.25) is 0 Å². The first kappa shape index (κ1) is 10.8. The van der Waals surface area contributed by atoms with E-state index in [1.165, 1.54) is 0 Å². The summed E-state index contributed by atoms with van der Waals surface area (Å²) in [7, 11) is 0. The van der Waals surface area contributed by atoms with Gasteiger partial charge in [0.1, 0.15) is 5.69 Å². The van der Waals surface area contributed by atoms with E-state index in [1.54, 1.807) is 42.9 Å². The molecule has 0 radical (unpaired) electrons. The minimum absolute atomic E-state index is 0.250. The highest BCUT2D eigenvalue weighted by molar-refractivity contribution is 9.10. The van der Waals surface area contributed by atoms with Crippen molar-refractivity contribution in [2.75, 3.05) is 5.32 Å². The fraction of sp³-hybridized carbons (Fsp3) is 0. The summed E-state index contributed by atoms with van der Waals surface area (Å²) in [5.41, 5.74) is 1.02. The molecule has 2 rings (SSSR count). The molecule has 0 unspecified atom stereocenters. The number of rotatable bonds is 2. The van der Waals surface area contributed by atoms with Crippen LogP contribution in [0.25, 0.3) is 0 Å². The second kappa shape index (κ2) is 4.85. The van der Waals surface area contributed by atoms with Crippen molar-refractivity contribution in [2.24, 2.45) is 0 Å². The molecule has 4 nitrogen and oxygen atoms in total. The maximum Gasteiger partial charge on any atom is 0.274 e. The van der Waals surface area contributed by atoms with Crippen molar-refractivity contribution in [3.8, 4) is 0 Å². The average Bonchev–Trinajstić information content (AvgIpc) is 2.31. The number of amides is 1. The average molecular weight is 278 g/mol. The van der Waals surface area contributed by atoms with Crippen LogP contribution in [0.5, 0.6) is 0 Å². The van der Waals surface area contributed by atoms with Gasteiger partial charge in [-0.1, -0.05) is 0 Å². The molecule has 0 saturated heterocycles. The summed E-state index contributed by atoms with van der Waals surface area (Å²) in [5.74, 6) is -0.250. The lowest BCUT2D eigenvalue weighted by Gasteiger charge is -2.03. The van der Waals surface area contributed by atoms with Gasteiger partial charge in [0.2, 0.25) is 0 Å². The molecule has 80 valence electrons. The van der Waals surface area contributed by atoms with Crippen molar-refractivity contribution in [3.63, 3.8) is 0 Å². The van der Waals surface area contributed by atoms with Crippen LogP contribution in [-0.4, -0.2) is 15.9 Å². The first-order valence-electron chi connectivity index (χ1n) is 4.58. The second-order valence-corrected chi connectivity index (χ2v) is 3.97. The van der Waals surface area contributed by atoms with Gasteiger partial charge in [0.25, 0.3) is 5.91 Å². The van der Waals surface area contributed by atoms with Crippen molar-refractivity contribution in [2.45, 2.75) is 0 Å². The Balaban J connectivity index is 2.12. The Labute approximate surface area is 101 Å². The molecule has 1 amide bonds. The van der Waals surface area contributed by atoms with Crippen LogP contribution in [0.1, 0.15) is 10.5 Å². The smallest absolute Gasteiger partial charge is 0.274 e. The number of aromatic nitrogens is 2. The summed E-state index contributed by atoms with van der Waals surface area (Å²) < 4.78 is 0.838. The van der Waals surface area contributed by atoms with Crippen molar-refractivity contribution in [1.82, 2.24) is 9.97 Å². The van der Waals surface area contributed by atoms with Crippen molar-refractivity contribution >= 4 is 27.5 Å². The highest BCUT2D eigenvalue weighted by Gasteiger charge is 2.06. The van der Waals surface area contributed by atoms with Crippen LogP contribution < -0.4 is 5.32 Å². The maximum atomic E-state index is 11.7. The zero-order valence-electron chi connectivity index (χ0n) is 8.22. The Morgan fingerprint density at radius 2 is 2.12 bits per heavy atom. The van der Waals surface area contributed by atoms with E-state index in [0.29, 0.717) is 11.4 Å². The molecule has 5 heteroatoms. The van der Waals surface area contributed by atoms with Gasteiger partial charge < -0.3 is 5.32 Å². The van der Waals surface area contributed by atoms with Crippen molar-refractivity contribution in [3.05, 3.63) is 53.0 Å². The molecule has 16 heavy (non-hydrogen) atoms. The molecule has 0 saturated carbocycles. The van der Waals surface area contributed by atoms with Crippen molar-refractivity contribution < 1.29 is 4.79 Å². The van der Waals surface area contributed by atoms with Crippen molar-refractivity contribution in [1.29, 1.82) is 0 Å². The molecule has 2 aromatic heterocycles. The fourth-order valence-electron chi connectivity index (χ4n) is 1.14. The first-order chi connectivity index (χ1) is 7.75. The number of pyridine rings is 2. The van der Waals surface area contributed by atoms with Gasteiger partial charge in [0.05, 0.1) is 11.9 Å². The molecule has 0 fully saturated rings. The van der Waals surface area contributed by atoms with E-state index in [1.807, 2.05) is 0 Å². The standard InChI is InChI=1S/C11H8BrN3O/c12-8-3-4-10(14-6-8)11(16)15-9-2-1-5-13-7-9/h1-7H,(H,15,16). The third-order valence-electron chi connectivity index (χ3n) is 1.88. The van der Waals surface area contributed by atoms with E-state index in [0.717, 1.165) is 4.47 Å². The molecule has 0 aromatic carbocycles. The molecule has 0 spiro atoms. The lowest BCUT2D eigenvalue weighted by atomic mass is 10.3. The van der Waals surface area contributed by atoms with E-state index in [2.05, 4.69) is 31.2 Å². The second-order valence-electron chi connectivity index (χ2n) is 3.06. The largest absolute Gasteiger partial charge is 0.319 e. The third kappa shape index (κ3) is 2.64. The number of nitrogens with one attached hydrogen (secondary N) is 1. The molecule has 0 atom stereocenters. The quantitative estimate of drug-likeness (QED) is 0.918. The van der Waals surface area contributed by atoms with Gasteiger partial charge in [-0.3, -0.25) is 9.78 Å². The SMILES string of the molecule is O=C(Nc1cccnc1)c1ccc(Br)cn1. The zero-order valence-corrected chi connectivity index (χ0v) is 9.81. The van der Waals surface area contributed by atoms with Crippen LogP contribution >= 0.6 is 15.9 Å². The highest BCUT2D eigenvalue weighted by atomic mass is 79.9. The van der Waals surface area contributed by atoms with Crippen LogP contribution in [0.4, 0.5) is 5.69 Å². The molecule has 0 aliphatic heterocycles. The summed E-state index contributed by atoms with van der Waals surface area (Å²) in [6, 6.07) is 6.94. The number of halogens is 1. The number of hydrogen-bond donors (Lipinski definition) is 1. The summed E-state index contributed by atoms with van der Waals surface area (Å²) in [6.07, 6.45) is 4.81. The molecular formula is C11H8BrN3O. The van der Waals surface area contributed by atoms with E-state index < -0.39 is 0 Å². The minimum atomic E-state index is -0.250. The zero-order chi connectivity index (χ0) is 11.4. The molecule has 0 bridgehead atoms. The number of hydrogen-bond acceptors (Lipinski definition) is 3. The normalized spacial score (nSPS) is 9.81. The number of anilines is 1. The Bertz CT molecular complexity index is 484. The minimum Gasteiger partial charge on any atom is -0.319 e. The molecule has 2 heterocycles. The first-order valence-corrected chi connectivity index (χ1v) is 5.38.